The van der Waals surface area contributed by atoms with Gasteiger partial charge < -0.3 is 9.47 Å². The number of nitrogens with zero attached hydrogens (tertiary/aromatic N) is 1. The van der Waals surface area contributed by atoms with Crippen LogP contribution in [-0.4, -0.2) is 25.6 Å². The van der Waals surface area contributed by atoms with Gasteiger partial charge in [-0.3, -0.25) is 9.69 Å². The molecule has 3 rings (SSSR count). The maximum atomic E-state index is 13.3. The van der Waals surface area contributed by atoms with Gasteiger partial charge >= 0.3 is 5.97 Å². The van der Waals surface area contributed by atoms with Crippen LogP contribution in [-0.2, 0) is 14.3 Å². The first kappa shape index (κ1) is 21.4. The predicted molar refractivity (Wildman–Crippen MR) is 118 cm³/mol. The average molecular weight is 405 g/mol. The summed E-state index contributed by atoms with van der Waals surface area (Å²) >= 11 is 0. The van der Waals surface area contributed by atoms with Crippen LogP contribution in [0.4, 0.5) is 5.69 Å². The molecule has 1 aliphatic rings. The van der Waals surface area contributed by atoms with Gasteiger partial charge in [-0.15, -0.1) is 0 Å². The summed E-state index contributed by atoms with van der Waals surface area (Å²) in [6.07, 6.45) is 1.76. The van der Waals surface area contributed by atoms with Gasteiger partial charge in [-0.25, -0.2) is 4.79 Å². The summed E-state index contributed by atoms with van der Waals surface area (Å²) in [5.41, 5.74) is 3.91. The van der Waals surface area contributed by atoms with Gasteiger partial charge in [-0.2, -0.15) is 0 Å². The van der Waals surface area contributed by atoms with Crippen molar-refractivity contribution in [2.45, 2.75) is 33.6 Å². The number of hydrogen-bond acceptors (Lipinski definition) is 4. The zero-order chi connectivity index (χ0) is 21.8. The molecule has 1 aliphatic heterocycles. The molecule has 0 atom stereocenters. The van der Waals surface area contributed by atoms with Crippen molar-refractivity contribution in [3.05, 3.63) is 76.5 Å². The second-order valence-corrected chi connectivity index (χ2v) is 7.40. The van der Waals surface area contributed by atoms with Crippen LogP contribution in [0.25, 0.3) is 6.08 Å². The molecule has 0 radical (unpaired) electrons. The highest BCUT2D eigenvalue weighted by Crippen LogP contribution is 2.36. The first-order valence-corrected chi connectivity index (χ1v) is 10.1. The van der Waals surface area contributed by atoms with Crippen LogP contribution in [0.15, 0.2) is 65.4 Å². The second kappa shape index (κ2) is 8.99. The van der Waals surface area contributed by atoms with E-state index in [4.69, 9.17) is 9.47 Å². The van der Waals surface area contributed by atoms with Crippen LogP contribution in [0.2, 0.25) is 0 Å². The van der Waals surface area contributed by atoms with Gasteiger partial charge in [0.05, 0.1) is 24.9 Å². The number of amides is 1. The summed E-state index contributed by atoms with van der Waals surface area (Å²) in [4.78, 5) is 27.6. The Hall–Kier alpha value is -3.34. The van der Waals surface area contributed by atoms with E-state index in [2.05, 4.69) is 13.8 Å². The second-order valence-electron chi connectivity index (χ2n) is 7.40. The summed E-state index contributed by atoms with van der Waals surface area (Å²) in [6, 6.07) is 15.2. The van der Waals surface area contributed by atoms with Gasteiger partial charge in [0.15, 0.2) is 0 Å². The number of anilines is 1. The van der Waals surface area contributed by atoms with E-state index in [0.717, 1.165) is 5.56 Å². The van der Waals surface area contributed by atoms with E-state index in [1.807, 2.05) is 24.3 Å². The lowest BCUT2D eigenvalue weighted by atomic mass is 9.99. The summed E-state index contributed by atoms with van der Waals surface area (Å²) in [6.45, 7) is 8.01. The number of hydrogen-bond donors (Lipinski definition) is 0. The van der Waals surface area contributed by atoms with E-state index >= 15 is 0 Å². The third-order valence-corrected chi connectivity index (χ3v) is 5.12. The Kier molecular flexibility index (Phi) is 6.40. The lowest BCUT2D eigenvalue weighted by Gasteiger charge is -2.18. The van der Waals surface area contributed by atoms with Crippen molar-refractivity contribution < 1.29 is 19.1 Å². The van der Waals surface area contributed by atoms with Gasteiger partial charge in [-0.05, 0) is 61.2 Å². The molecule has 0 bridgehead atoms. The monoisotopic (exact) mass is 405 g/mol. The minimum absolute atomic E-state index is 0.239. The van der Waals surface area contributed by atoms with Crippen molar-refractivity contribution >= 4 is 23.6 Å². The standard InChI is InChI=1S/C25H27NO4/c1-6-30-25(28)23-17(4)26(20-11-13-21(29-5)14-12-20)24(27)22(23)15-18-7-9-19(10-8-18)16(2)3/h7-16H,6H2,1-5H3/b22-15-. The Labute approximate surface area is 177 Å². The number of carbonyl (C=O) groups is 2. The average Bonchev–Trinajstić information content (AvgIpc) is 2.98. The molecule has 0 unspecified atom stereocenters. The highest BCUT2D eigenvalue weighted by atomic mass is 16.5. The number of ether oxygens (including phenoxy) is 2. The summed E-state index contributed by atoms with van der Waals surface area (Å²) in [5, 5.41) is 0. The number of carbonyl (C=O) groups excluding carboxylic acids is 2. The Morgan fingerprint density at radius 1 is 1.07 bits per heavy atom. The zero-order valence-corrected chi connectivity index (χ0v) is 18.1. The molecule has 5 heteroatoms. The smallest absolute Gasteiger partial charge is 0.340 e. The molecule has 0 N–H and O–H groups in total. The zero-order valence-electron chi connectivity index (χ0n) is 18.1. The minimum Gasteiger partial charge on any atom is -0.497 e. The molecule has 0 aromatic heterocycles. The molecule has 0 fully saturated rings. The molecule has 2 aromatic carbocycles. The molecule has 30 heavy (non-hydrogen) atoms. The molecule has 0 aliphatic carbocycles. The maximum absolute atomic E-state index is 13.3. The van der Waals surface area contributed by atoms with Crippen LogP contribution < -0.4 is 9.64 Å². The van der Waals surface area contributed by atoms with Crippen molar-refractivity contribution in [3.63, 3.8) is 0 Å². The Bertz CT molecular complexity index is 998. The van der Waals surface area contributed by atoms with Gasteiger partial charge in [0.1, 0.15) is 5.75 Å². The SMILES string of the molecule is CCOC(=O)C1=C(C)N(c2ccc(OC)cc2)C(=O)/C1=C\c1ccc(C(C)C)cc1. The molecule has 156 valence electrons. The number of methoxy groups -OCH3 is 1. The fourth-order valence-electron chi connectivity index (χ4n) is 3.47. The number of esters is 1. The molecule has 2 aromatic rings. The summed E-state index contributed by atoms with van der Waals surface area (Å²) in [5.74, 6) is 0.360. The van der Waals surface area contributed by atoms with Gasteiger partial charge in [-0.1, -0.05) is 38.1 Å². The number of allylic oxidation sites excluding steroid dienone is 1. The quantitative estimate of drug-likeness (QED) is 0.496. The van der Waals surface area contributed by atoms with Crippen molar-refractivity contribution in [3.8, 4) is 5.75 Å². The highest BCUT2D eigenvalue weighted by Gasteiger charge is 2.38. The molecule has 1 heterocycles. The molecule has 5 nitrogen and oxygen atoms in total. The van der Waals surface area contributed by atoms with Crippen molar-refractivity contribution in [1.82, 2.24) is 0 Å². The third-order valence-electron chi connectivity index (χ3n) is 5.12. The number of rotatable bonds is 6. The fraction of sp³-hybridized carbons (Fsp3) is 0.280. The van der Waals surface area contributed by atoms with Crippen LogP contribution in [0.5, 0.6) is 5.75 Å². The largest absolute Gasteiger partial charge is 0.497 e. The first-order chi connectivity index (χ1) is 14.4. The molecular weight excluding hydrogens is 378 g/mol. The lowest BCUT2D eigenvalue weighted by molar-refractivity contribution is -0.138. The molecular formula is C25H27NO4. The molecule has 0 saturated carbocycles. The summed E-state index contributed by atoms with van der Waals surface area (Å²) < 4.78 is 10.4. The van der Waals surface area contributed by atoms with Crippen LogP contribution >= 0.6 is 0 Å². The van der Waals surface area contributed by atoms with Crippen LogP contribution in [0.1, 0.15) is 44.7 Å². The van der Waals surface area contributed by atoms with Crippen molar-refractivity contribution in [2.75, 3.05) is 18.6 Å². The molecule has 1 amide bonds. The molecule has 0 saturated heterocycles. The normalized spacial score (nSPS) is 15.3. The van der Waals surface area contributed by atoms with E-state index < -0.39 is 5.97 Å². The fourth-order valence-corrected chi connectivity index (χ4v) is 3.47. The maximum Gasteiger partial charge on any atom is 0.340 e. The Morgan fingerprint density at radius 2 is 1.70 bits per heavy atom. The third kappa shape index (κ3) is 4.15. The number of benzene rings is 2. The van der Waals surface area contributed by atoms with E-state index in [0.29, 0.717) is 34.2 Å². The van der Waals surface area contributed by atoms with Crippen LogP contribution in [0, 0.1) is 0 Å². The Balaban J connectivity index is 2.06. The van der Waals surface area contributed by atoms with E-state index in [1.54, 1.807) is 56.2 Å². The van der Waals surface area contributed by atoms with Crippen molar-refractivity contribution in [2.24, 2.45) is 0 Å². The molecule has 0 spiro atoms. The first-order valence-electron chi connectivity index (χ1n) is 10.1. The topological polar surface area (TPSA) is 55.8 Å². The van der Waals surface area contributed by atoms with Gasteiger partial charge in [0.25, 0.3) is 5.91 Å². The van der Waals surface area contributed by atoms with E-state index in [9.17, 15) is 9.59 Å². The summed E-state index contributed by atoms with van der Waals surface area (Å²) in [7, 11) is 1.59. The Morgan fingerprint density at radius 3 is 2.23 bits per heavy atom. The predicted octanol–water partition coefficient (Wildman–Crippen LogP) is 5.09. The minimum atomic E-state index is -0.496. The van der Waals surface area contributed by atoms with Gasteiger partial charge in [0.2, 0.25) is 0 Å². The van der Waals surface area contributed by atoms with Gasteiger partial charge in [0, 0.05) is 11.4 Å². The lowest BCUT2D eigenvalue weighted by Crippen LogP contribution is -2.24. The van der Waals surface area contributed by atoms with Crippen molar-refractivity contribution in [1.29, 1.82) is 0 Å². The van der Waals surface area contributed by atoms with E-state index in [1.165, 1.54) is 5.56 Å². The highest BCUT2D eigenvalue weighted by molar-refractivity contribution is 6.23. The van der Waals surface area contributed by atoms with Crippen LogP contribution in [0.3, 0.4) is 0 Å². The van der Waals surface area contributed by atoms with E-state index in [-0.39, 0.29) is 12.5 Å².